The third kappa shape index (κ3) is 3.85. The molecule has 5 heteroatoms. The Kier molecular flexibility index (Phi) is 4.09. The molecule has 2 atom stereocenters. The number of nitrogens with zero attached hydrogens (tertiary/aromatic N) is 1. The number of hydrogen-bond acceptors (Lipinski definition) is 3. The van der Waals surface area contributed by atoms with E-state index in [1.165, 1.54) is 0 Å². The fourth-order valence-corrected chi connectivity index (χ4v) is 3.40. The summed E-state index contributed by atoms with van der Waals surface area (Å²) in [4.78, 5) is 25.2. The van der Waals surface area contributed by atoms with Gasteiger partial charge in [0.25, 0.3) is 0 Å². The summed E-state index contributed by atoms with van der Waals surface area (Å²) in [5.41, 5.74) is -0.460. The van der Waals surface area contributed by atoms with Crippen molar-refractivity contribution in [3.8, 4) is 0 Å². The number of hydrogen-bond donors (Lipinski definition) is 0. The zero-order valence-corrected chi connectivity index (χ0v) is 12.6. The Bertz CT molecular complexity index is 363. The van der Waals surface area contributed by atoms with Gasteiger partial charge in [0.15, 0.2) is 0 Å². The van der Waals surface area contributed by atoms with Crippen LogP contribution in [0.2, 0.25) is 0 Å². The smallest absolute Gasteiger partial charge is 0.410 e. The Morgan fingerprint density at radius 2 is 1.63 bits per heavy atom. The molecule has 1 heterocycles. The summed E-state index contributed by atoms with van der Waals surface area (Å²) >= 11 is 5.61. The molecule has 2 aliphatic rings. The minimum atomic E-state index is -0.460. The molecule has 0 aromatic carbocycles. The highest BCUT2D eigenvalue weighted by Gasteiger charge is 2.39. The van der Waals surface area contributed by atoms with Gasteiger partial charge >= 0.3 is 6.09 Å². The van der Waals surface area contributed by atoms with Gasteiger partial charge < -0.3 is 9.64 Å². The molecule has 0 spiro atoms. The molecular formula is C14H22ClNO3. The quantitative estimate of drug-likeness (QED) is 0.697. The molecule has 108 valence electrons. The number of ether oxygens (including phenoxy) is 1. The normalized spacial score (nSPS) is 30.9. The van der Waals surface area contributed by atoms with Crippen molar-refractivity contribution in [3.05, 3.63) is 0 Å². The first kappa shape index (κ1) is 14.6. The van der Waals surface area contributed by atoms with Crippen molar-refractivity contribution in [2.45, 2.75) is 45.6 Å². The number of carbonyl (C=O) groups excluding carboxylic acids is 2. The summed E-state index contributed by atoms with van der Waals surface area (Å²) in [5, 5.41) is -0.222. The molecule has 0 N–H and O–H groups in total. The van der Waals surface area contributed by atoms with Crippen LogP contribution in [0.3, 0.4) is 0 Å². The first-order chi connectivity index (χ1) is 8.74. The maximum Gasteiger partial charge on any atom is 0.410 e. The van der Waals surface area contributed by atoms with E-state index in [-0.39, 0.29) is 17.3 Å². The molecule has 2 unspecified atom stereocenters. The first-order valence-corrected chi connectivity index (χ1v) is 7.29. The van der Waals surface area contributed by atoms with Crippen LogP contribution in [0.25, 0.3) is 0 Å². The lowest BCUT2D eigenvalue weighted by Crippen LogP contribution is -2.49. The highest BCUT2D eigenvalue weighted by Crippen LogP contribution is 2.39. The van der Waals surface area contributed by atoms with Crippen LogP contribution >= 0.6 is 11.6 Å². The van der Waals surface area contributed by atoms with Crippen molar-refractivity contribution >= 4 is 22.9 Å². The summed E-state index contributed by atoms with van der Waals surface area (Å²) in [5.74, 6) is 0.742. The predicted octanol–water partition coefficient (Wildman–Crippen LogP) is 3.04. The van der Waals surface area contributed by atoms with Crippen molar-refractivity contribution in [1.29, 1.82) is 0 Å². The van der Waals surface area contributed by atoms with Gasteiger partial charge in [0.1, 0.15) is 5.60 Å². The van der Waals surface area contributed by atoms with Gasteiger partial charge in [-0.15, -0.1) is 0 Å². The third-order valence-corrected chi connectivity index (χ3v) is 4.14. The average Bonchev–Trinajstić information content (AvgIpc) is 2.25. The lowest BCUT2D eigenvalue weighted by atomic mass is 9.73. The number of piperidine rings is 1. The molecule has 1 aliphatic carbocycles. The first-order valence-electron chi connectivity index (χ1n) is 6.92. The number of halogens is 1. The lowest BCUT2D eigenvalue weighted by molar-refractivity contribution is -0.117. The molecule has 1 saturated heterocycles. The molecule has 0 radical (unpaired) electrons. The van der Waals surface area contributed by atoms with Crippen LogP contribution in [0.1, 0.15) is 40.0 Å². The largest absolute Gasteiger partial charge is 0.444 e. The minimum absolute atomic E-state index is 0.0220. The zero-order valence-electron chi connectivity index (χ0n) is 11.8. The van der Waals surface area contributed by atoms with Gasteiger partial charge in [0, 0.05) is 19.0 Å². The second-order valence-electron chi connectivity index (χ2n) is 6.83. The standard InChI is InChI=1S/C14H22ClNO3/c1-14(2,3)19-13(18)16-7-9-4-10(8-16)6-11(5-9)12(15)17/h9-11H,4-8H2,1-3H3. The van der Waals surface area contributed by atoms with Gasteiger partial charge in [-0.1, -0.05) is 0 Å². The summed E-state index contributed by atoms with van der Waals surface area (Å²) < 4.78 is 5.41. The number of rotatable bonds is 1. The summed E-state index contributed by atoms with van der Waals surface area (Å²) in [6.45, 7) is 6.99. The highest BCUT2D eigenvalue weighted by atomic mass is 35.5. The van der Waals surface area contributed by atoms with E-state index >= 15 is 0 Å². The third-order valence-electron chi connectivity index (χ3n) is 3.83. The second-order valence-corrected chi connectivity index (χ2v) is 7.20. The monoisotopic (exact) mass is 287 g/mol. The van der Waals surface area contributed by atoms with Crippen molar-refractivity contribution in [3.63, 3.8) is 0 Å². The van der Waals surface area contributed by atoms with E-state index in [9.17, 15) is 9.59 Å². The van der Waals surface area contributed by atoms with Gasteiger partial charge in [-0.3, -0.25) is 4.79 Å². The average molecular weight is 288 g/mol. The second kappa shape index (κ2) is 5.31. The minimum Gasteiger partial charge on any atom is -0.444 e. The molecule has 4 nitrogen and oxygen atoms in total. The summed E-state index contributed by atoms with van der Waals surface area (Å²) in [7, 11) is 0. The fourth-order valence-electron chi connectivity index (χ4n) is 3.22. The molecule has 1 saturated carbocycles. The van der Waals surface area contributed by atoms with Crippen molar-refractivity contribution in [1.82, 2.24) is 4.90 Å². The molecule has 19 heavy (non-hydrogen) atoms. The molecule has 2 rings (SSSR count). The number of fused-ring (bicyclic) bond motifs is 2. The van der Waals surface area contributed by atoms with E-state index in [1.54, 1.807) is 4.90 Å². The fraction of sp³-hybridized carbons (Fsp3) is 0.857. The van der Waals surface area contributed by atoms with E-state index in [0.717, 1.165) is 19.3 Å². The predicted molar refractivity (Wildman–Crippen MR) is 73.0 cm³/mol. The van der Waals surface area contributed by atoms with E-state index < -0.39 is 5.60 Å². The molecule has 2 fully saturated rings. The van der Waals surface area contributed by atoms with Gasteiger partial charge in [0.2, 0.25) is 5.24 Å². The SMILES string of the molecule is CC(C)(C)OC(=O)N1CC2CC(CC(C(=O)Cl)C2)C1. The van der Waals surface area contributed by atoms with Crippen LogP contribution in [0.4, 0.5) is 4.79 Å². The number of amides is 1. The molecule has 2 bridgehead atoms. The van der Waals surface area contributed by atoms with Crippen LogP contribution in [-0.2, 0) is 9.53 Å². The van der Waals surface area contributed by atoms with Crippen molar-refractivity contribution in [2.75, 3.05) is 13.1 Å². The van der Waals surface area contributed by atoms with Gasteiger partial charge in [-0.05, 0) is 63.5 Å². The molecule has 0 aromatic heterocycles. The van der Waals surface area contributed by atoms with Crippen LogP contribution in [-0.4, -0.2) is 34.9 Å². The Balaban J connectivity index is 1.95. The lowest BCUT2D eigenvalue weighted by Gasteiger charge is -2.43. The van der Waals surface area contributed by atoms with Gasteiger partial charge in [-0.25, -0.2) is 4.79 Å². The molecule has 0 aromatic rings. The highest BCUT2D eigenvalue weighted by molar-refractivity contribution is 6.63. The van der Waals surface area contributed by atoms with Crippen molar-refractivity contribution < 1.29 is 14.3 Å². The van der Waals surface area contributed by atoms with E-state index in [0.29, 0.717) is 24.9 Å². The maximum absolute atomic E-state index is 12.1. The molecular weight excluding hydrogens is 266 g/mol. The van der Waals surface area contributed by atoms with Gasteiger partial charge in [-0.2, -0.15) is 0 Å². The number of carbonyl (C=O) groups is 2. The number of likely N-dealkylation sites (tertiary alicyclic amines) is 1. The summed E-state index contributed by atoms with van der Waals surface area (Å²) in [6, 6.07) is 0. The topological polar surface area (TPSA) is 46.6 Å². The van der Waals surface area contributed by atoms with Crippen LogP contribution in [0, 0.1) is 17.8 Å². The Morgan fingerprint density at radius 1 is 1.11 bits per heavy atom. The van der Waals surface area contributed by atoms with E-state index in [1.807, 2.05) is 20.8 Å². The zero-order chi connectivity index (χ0) is 14.2. The van der Waals surface area contributed by atoms with Crippen LogP contribution in [0.5, 0.6) is 0 Å². The van der Waals surface area contributed by atoms with Crippen LogP contribution in [0.15, 0.2) is 0 Å². The Labute approximate surface area is 119 Å². The van der Waals surface area contributed by atoms with Gasteiger partial charge in [0.05, 0.1) is 0 Å². The maximum atomic E-state index is 12.1. The molecule has 1 amide bonds. The summed E-state index contributed by atoms with van der Waals surface area (Å²) in [6.07, 6.45) is 2.47. The Morgan fingerprint density at radius 3 is 2.05 bits per heavy atom. The Hall–Kier alpha value is -0.770. The van der Waals surface area contributed by atoms with Crippen LogP contribution < -0.4 is 0 Å². The van der Waals surface area contributed by atoms with E-state index in [2.05, 4.69) is 0 Å². The molecule has 1 aliphatic heterocycles. The van der Waals surface area contributed by atoms with E-state index in [4.69, 9.17) is 16.3 Å². The van der Waals surface area contributed by atoms with Crippen molar-refractivity contribution in [2.24, 2.45) is 17.8 Å².